The third-order valence-corrected chi connectivity index (χ3v) is 7.68. The van der Waals surface area contributed by atoms with Gasteiger partial charge < -0.3 is 0 Å². The maximum Gasteiger partial charge on any atom is 0.102 e. The highest BCUT2D eigenvalue weighted by atomic mass is 35.5. The summed E-state index contributed by atoms with van der Waals surface area (Å²) in [5.41, 5.74) is 2.61. The molecule has 5 heteroatoms. The topological polar surface area (TPSA) is 0 Å². The summed E-state index contributed by atoms with van der Waals surface area (Å²) in [6, 6.07) is 4.39. The van der Waals surface area contributed by atoms with E-state index in [2.05, 4.69) is 12.1 Å². The number of halogens is 2. The van der Waals surface area contributed by atoms with Gasteiger partial charge in [0.15, 0.2) is 0 Å². The molecule has 1 unspecified atom stereocenters. The molecule has 0 nitrogen and oxygen atoms in total. The normalized spacial score (nSPS) is 16.6. The van der Waals surface area contributed by atoms with Crippen molar-refractivity contribution in [2.45, 2.75) is 24.5 Å². The molecule has 96 valence electrons. The van der Waals surface area contributed by atoms with Crippen LogP contribution < -0.4 is 0 Å². The highest BCUT2D eigenvalue weighted by molar-refractivity contribution is 7.98. The zero-order valence-corrected chi connectivity index (χ0v) is 13.8. The Kier molecular flexibility index (Phi) is 3.98. The van der Waals surface area contributed by atoms with Crippen molar-refractivity contribution in [2.24, 2.45) is 0 Å². The van der Waals surface area contributed by atoms with E-state index in [4.69, 9.17) is 23.2 Å². The Morgan fingerprint density at radius 2 is 2.00 bits per heavy atom. The molecule has 18 heavy (non-hydrogen) atoms. The van der Waals surface area contributed by atoms with Crippen molar-refractivity contribution >= 4 is 57.6 Å². The smallest absolute Gasteiger partial charge is 0.102 e. The lowest BCUT2D eigenvalue weighted by Gasteiger charge is -2.08. The molecule has 0 N–H and O–H groups in total. The molecule has 2 aromatic heterocycles. The number of hydrogen-bond donors (Lipinski definition) is 0. The Bertz CT molecular complexity index is 528. The van der Waals surface area contributed by atoms with E-state index in [1.807, 2.05) is 30.0 Å². The first-order valence-electron chi connectivity index (χ1n) is 5.74. The first-order valence-corrected chi connectivity index (χ1v) is 9.34. The largest absolute Gasteiger partial charge is 0.157 e. The van der Waals surface area contributed by atoms with E-state index in [1.54, 1.807) is 11.3 Å². The number of rotatable bonds is 2. The van der Waals surface area contributed by atoms with Crippen molar-refractivity contribution in [1.29, 1.82) is 0 Å². The first-order chi connectivity index (χ1) is 8.65. The van der Waals surface area contributed by atoms with E-state index in [9.17, 15) is 0 Å². The highest BCUT2D eigenvalue weighted by Crippen LogP contribution is 2.42. The molecule has 1 aliphatic rings. The molecule has 0 radical (unpaired) electrons. The molecular formula is C13H12Cl2S3. The molecule has 0 fully saturated rings. The summed E-state index contributed by atoms with van der Waals surface area (Å²) in [5, 5.41) is -0.0400. The van der Waals surface area contributed by atoms with Crippen LogP contribution in [0.15, 0.2) is 12.1 Å². The summed E-state index contributed by atoms with van der Waals surface area (Å²) in [4.78, 5) is 3.95. The van der Waals surface area contributed by atoms with Gasteiger partial charge in [-0.2, -0.15) is 11.8 Å². The predicted octanol–water partition coefficient (Wildman–Crippen LogP) is 5.89. The summed E-state index contributed by atoms with van der Waals surface area (Å²) in [7, 11) is 0. The van der Waals surface area contributed by atoms with E-state index >= 15 is 0 Å². The van der Waals surface area contributed by atoms with Crippen LogP contribution in [0.4, 0.5) is 0 Å². The third kappa shape index (κ3) is 2.48. The average Bonchev–Trinajstić information content (AvgIpc) is 2.93. The number of fused-ring (bicyclic) bond motifs is 1. The van der Waals surface area contributed by atoms with Crippen molar-refractivity contribution in [2.75, 3.05) is 5.75 Å². The second-order valence-electron chi connectivity index (χ2n) is 4.37. The summed E-state index contributed by atoms with van der Waals surface area (Å²) in [5.74, 6) is 2.38. The number of thioether (sulfide) groups is 1. The summed E-state index contributed by atoms with van der Waals surface area (Å²) < 4.78 is 0.854. The van der Waals surface area contributed by atoms with Crippen LogP contribution in [0.1, 0.15) is 31.1 Å². The lowest BCUT2D eigenvalue weighted by molar-refractivity contribution is 1.13. The molecule has 1 atom stereocenters. The molecule has 0 bridgehead atoms. The zero-order chi connectivity index (χ0) is 12.7. The summed E-state index contributed by atoms with van der Waals surface area (Å²) in [6.07, 6.45) is 1.19. The maximum absolute atomic E-state index is 6.59. The molecule has 0 saturated carbocycles. The van der Waals surface area contributed by atoms with Crippen molar-refractivity contribution in [1.82, 2.24) is 0 Å². The summed E-state index contributed by atoms with van der Waals surface area (Å²) in [6.45, 7) is 2.03. The number of aryl methyl sites for hydroxylation is 2. The van der Waals surface area contributed by atoms with Crippen LogP contribution in [0.25, 0.3) is 0 Å². The van der Waals surface area contributed by atoms with Crippen molar-refractivity contribution in [3.63, 3.8) is 0 Å². The molecule has 0 aliphatic carbocycles. The van der Waals surface area contributed by atoms with Crippen LogP contribution >= 0.6 is 57.6 Å². The fourth-order valence-corrected chi connectivity index (χ4v) is 6.10. The molecule has 3 rings (SSSR count). The molecule has 0 spiro atoms. The van der Waals surface area contributed by atoms with Crippen molar-refractivity contribution in [3.05, 3.63) is 42.2 Å². The minimum absolute atomic E-state index is 0.0400. The lowest BCUT2D eigenvalue weighted by atomic mass is 10.2. The Hall–Kier alpha value is 0.330. The van der Waals surface area contributed by atoms with Gasteiger partial charge in [0.05, 0.1) is 4.34 Å². The fraction of sp³-hybridized carbons (Fsp3) is 0.385. The Morgan fingerprint density at radius 3 is 2.67 bits per heavy atom. The van der Waals surface area contributed by atoms with E-state index in [0.717, 1.165) is 20.5 Å². The average molecular weight is 335 g/mol. The quantitative estimate of drug-likeness (QED) is 0.617. The molecule has 0 saturated heterocycles. The fourth-order valence-electron chi connectivity index (χ4n) is 2.04. The van der Waals surface area contributed by atoms with Crippen molar-refractivity contribution in [3.8, 4) is 0 Å². The van der Waals surface area contributed by atoms with Gasteiger partial charge in [0, 0.05) is 20.4 Å². The van der Waals surface area contributed by atoms with Crippen molar-refractivity contribution < 1.29 is 0 Å². The van der Waals surface area contributed by atoms with Gasteiger partial charge in [-0.25, -0.2) is 0 Å². The predicted molar refractivity (Wildman–Crippen MR) is 85.9 cm³/mol. The van der Waals surface area contributed by atoms with Gasteiger partial charge in [-0.3, -0.25) is 0 Å². The maximum atomic E-state index is 6.59. The SMILES string of the molecule is Cc1cc(C(Cl)c2cc3c(s2)CCSC3)sc1Cl. The Morgan fingerprint density at radius 1 is 1.22 bits per heavy atom. The second kappa shape index (κ2) is 5.37. The van der Waals surface area contributed by atoms with Crippen LogP contribution in [-0.2, 0) is 12.2 Å². The van der Waals surface area contributed by atoms with E-state index < -0.39 is 0 Å². The van der Waals surface area contributed by atoms with E-state index in [-0.39, 0.29) is 5.38 Å². The third-order valence-electron chi connectivity index (χ3n) is 3.02. The number of hydrogen-bond acceptors (Lipinski definition) is 3. The van der Waals surface area contributed by atoms with E-state index in [0.29, 0.717) is 0 Å². The Balaban J connectivity index is 1.92. The lowest BCUT2D eigenvalue weighted by Crippen LogP contribution is -1.96. The molecule has 1 aliphatic heterocycles. The van der Waals surface area contributed by atoms with Gasteiger partial charge in [-0.15, -0.1) is 34.3 Å². The van der Waals surface area contributed by atoms with Gasteiger partial charge in [-0.05, 0) is 42.4 Å². The first kappa shape index (κ1) is 13.3. The molecule has 3 heterocycles. The van der Waals surface area contributed by atoms with Crippen LogP contribution in [-0.4, -0.2) is 5.75 Å². The minimum Gasteiger partial charge on any atom is -0.157 e. The number of thiophene rings is 2. The van der Waals surface area contributed by atoms with Crippen LogP contribution in [0.5, 0.6) is 0 Å². The number of alkyl halides is 1. The van der Waals surface area contributed by atoms with Gasteiger partial charge in [0.2, 0.25) is 0 Å². The standard InChI is InChI=1S/C13H12Cl2S3/c1-7-4-10(18-13(7)15)12(14)11-5-8-6-16-3-2-9(8)17-11/h4-5,12H,2-3,6H2,1H3. The van der Waals surface area contributed by atoms with Crippen LogP contribution in [0.2, 0.25) is 4.34 Å². The highest BCUT2D eigenvalue weighted by Gasteiger charge is 2.21. The van der Waals surface area contributed by atoms with Crippen LogP contribution in [0, 0.1) is 6.92 Å². The molecule has 0 amide bonds. The van der Waals surface area contributed by atoms with Gasteiger partial charge >= 0.3 is 0 Å². The van der Waals surface area contributed by atoms with E-state index in [1.165, 1.54) is 27.5 Å². The van der Waals surface area contributed by atoms with Gasteiger partial charge in [-0.1, -0.05) is 11.6 Å². The Labute approximate surface area is 129 Å². The minimum atomic E-state index is -0.0400. The zero-order valence-electron chi connectivity index (χ0n) is 9.83. The van der Waals surface area contributed by atoms with Gasteiger partial charge in [0.1, 0.15) is 5.38 Å². The molecule has 0 aromatic carbocycles. The van der Waals surface area contributed by atoms with Crippen LogP contribution in [0.3, 0.4) is 0 Å². The van der Waals surface area contributed by atoms with Gasteiger partial charge in [0.25, 0.3) is 0 Å². The second-order valence-corrected chi connectivity index (χ2v) is 8.76. The molecule has 2 aromatic rings. The monoisotopic (exact) mass is 334 g/mol. The molecular weight excluding hydrogens is 323 g/mol. The summed E-state index contributed by atoms with van der Waals surface area (Å²) >= 11 is 18.2.